The van der Waals surface area contributed by atoms with Crippen LogP contribution in [0.4, 0.5) is 5.69 Å². The van der Waals surface area contributed by atoms with E-state index in [0.717, 1.165) is 16.8 Å². The number of hydrogen-bond acceptors (Lipinski definition) is 8. The molecule has 0 unspecified atom stereocenters. The highest BCUT2D eigenvalue weighted by Crippen LogP contribution is 2.39. The van der Waals surface area contributed by atoms with Crippen molar-refractivity contribution in [2.45, 2.75) is 25.7 Å². The van der Waals surface area contributed by atoms with Gasteiger partial charge in [-0.15, -0.1) is 0 Å². The predicted molar refractivity (Wildman–Crippen MR) is 126 cm³/mol. The van der Waals surface area contributed by atoms with Crippen molar-refractivity contribution < 1.29 is 14.4 Å². The minimum absolute atomic E-state index is 0.248. The van der Waals surface area contributed by atoms with Crippen molar-refractivity contribution >= 4 is 11.6 Å². The second-order valence-electron chi connectivity index (χ2n) is 8.10. The van der Waals surface area contributed by atoms with Crippen LogP contribution < -0.4 is 10.9 Å². The Kier molecular flexibility index (Phi) is 6.42. The van der Waals surface area contributed by atoms with Crippen LogP contribution in [0.5, 0.6) is 5.75 Å². The lowest BCUT2D eigenvalue weighted by atomic mass is 9.79. The van der Waals surface area contributed by atoms with E-state index in [1.807, 2.05) is 38.1 Å². The van der Waals surface area contributed by atoms with Crippen LogP contribution in [0.3, 0.4) is 0 Å². The number of nitrogens with zero attached hydrogens (tertiary/aromatic N) is 5. The Morgan fingerprint density at radius 1 is 1.23 bits per heavy atom. The van der Waals surface area contributed by atoms with Crippen LogP contribution in [0.2, 0.25) is 0 Å². The minimum atomic E-state index is -0.789. The number of hydrogen-bond donors (Lipinski definition) is 2. The fourth-order valence-electron chi connectivity index (χ4n) is 4.05. The van der Waals surface area contributed by atoms with E-state index < -0.39 is 34.7 Å². The lowest BCUT2D eigenvalue weighted by molar-refractivity contribution is 0.101. The number of nitriles is 1. The van der Waals surface area contributed by atoms with E-state index in [2.05, 4.69) is 26.5 Å². The van der Waals surface area contributed by atoms with E-state index in [0.29, 0.717) is 5.56 Å². The van der Waals surface area contributed by atoms with E-state index in [1.54, 1.807) is 18.3 Å². The molecule has 1 amide bonds. The van der Waals surface area contributed by atoms with Crippen molar-refractivity contribution in [3.8, 4) is 11.8 Å². The quantitative estimate of drug-likeness (QED) is 0.436. The highest BCUT2D eigenvalue weighted by Gasteiger charge is 2.30. The molecule has 0 aliphatic carbocycles. The van der Waals surface area contributed by atoms with Gasteiger partial charge in [-0.3, -0.25) is 19.1 Å². The number of aryl methyl sites for hydroxylation is 1. The molecule has 4 rings (SSSR count). The summed E-state index contributed by atoms with van der Waals surface area (Å²) in [5.74, 6) is -2.22. The number of benzene rings is 1. The molecule has 4 aromatic rings. The summed E-state index contributed by atoms with van der Waals surface area (Å²) in [4.78, 5) is 34.5. The number of nitrogens with one attached hydrogen (secondary N) is 1. The first-order chi connectivity index (χ1) is 16.8. The third-order valence-corrected chi connectivity index (χ3v) is 5.82. The van der Waals surface area contributed by atoms with Gasteiger partial charge in [0.1, 0.15) is 17.8 Å². The topological polar surface area (TPSA) is 147 Å². The van der Waals surface area contributed by atoms with Gasteiger partial charge in [0.15, 0.2) is 5.69 Å². The van der Waals surface area contributed by atoms with Crippen LogP contribution in [-0.2, 0) is 7.05 Å². The number of pyridine rings is 1. The Hall–Kier alpha value is -4.78. The summed E-state index contributed by atoms with van der Waals surface area (Å²) in [5, 5.41) is 26.2. The molecule has 1 aromatic carbocycles. The molecule has 0 spiro atoms. The molecule has 0 aliphatic rings. The maximum Gasteiger partial charge on any atom is 0.296 e. The molecule has 2 atom stereocenters. The molecule has 0 radical (unpaired) electrons. The number of rotatable bonds is 6. The maximum atomic E-state index is 12.9. The lowest BCUT2D eigenvalue weighted by Gasteiger charge is -2.27. The fraction of sp³-hybridized carbons (Fsp3) is 0.200. The largest absolute Gasteiger partial charge is 0.501 e. The van der Waals surface area contributed by atoms with E-state index in [4.69, 9.17) is 4.52 Å². The third-order valence-electron chi connectivity index (χ3n) is 5.82. The fourth-order valence-corrected chi connectivity index (χ4v) is 4.05. The summed E-state index contributed by atoms with van der Waals surface area (Å²) >= 11 is 0. The summed E-state index contributed by atoms with van der Waals surface area (Å²) in [6.07, 6.45) is 4.21. The van der Waals surface area contributed by atoms with Crippen molar-refractivity contribution in [3.05, 3.63) is 99.3 Å². The molecule has 0 aliphatic heterocycles. The van der Waals surface area contributed by atoms with E-state index in [-0.39, 0.29) is 11.5 Å². The molecule has 3 heterocycles. The Bertz CT molecular complexity index is 1470. The van der Waals surface area contributed by atoms with Crippen LogP contribution in [0, 0.1) is 18.3 Å². The molecule has 0 saturated carbocycles. The van der Waals surface area contributed by atoms with E-state index >= 15 is 0 Å². The van der Waals surface area contributed by atoms with Crippen LogP contribution in [0.25, 0.3) is 0 Å². The Balaban J connectivity index is 1.86. The van der Waals surface area contributed by atoms with Crippen molar-refractivity contribution in [2.75, 3.05) is 5.32 Å². The van der Waals surface area contributed by atoms with Crippen LogP contribution in [-0.4, -0.2) is 30.7 Å². The van der Waals surface area contributed by atoms with Gasteiger partial charge in [-0.05, 0) is 30.2 Å². The molecular weight excluding hydrogens is 448 g/mol. The van der Waals surface area contributed by atoms with Crippen LogP contribution >= 0.6 is 0 Å². The number of aromatic hydroxyl groups is 1. The second-order valence-corrected chi connectivity index (χ2v) is 8.10. The van der Waals surface area contributed by atoms with Crippen molar-refractivity contribution in [2.24, 2.45) is 7.05 Å². The van der Waals surface area contributed by atoms with Crippen LogP contribution in [0.15, 0.2) is 64.4 Å². The van der Waals surface area contributed by atoms with Gasteiger partial charge in [0.25, 0.3) is 11.5 Å². The van der Waals surface area contributed by atoms with Crippen LogP contribution in [0.1, 0.15) is 57.5 Å². The third kappa shape index (κ3) is 4.52. The predicted octanol–water partition coefficient (Wildman–Crippen LogP) is 3.24. The molecule has 0 bridgehead atoms. The van der Waals surface area contributed by atoms with Crippen molar-refractivity contribution in [1.82, 2.24) is 19.7 Å². The number of amides is 1. The number of carbonyl (C=O) groups is 1. The maximum absolute atomic E-state index is 12.9. The summed E-state index contributed by atoms with van der Waals surface area (Å²) in [7, 11) is 1.48. The monoisotopic (exact) mass is 470 g/mol. The van der Waals surface area contributed by atoms with Gasteiger partial charge in [0, 0.05) is 30.8 Å². The zero-order valence-electron chi connectivity index (χ0n) is 19.3. The molecule has 0 fully saturated rings. The standard InChI is InChI=1S/C25H22N6O4/c1-14-8-9-17(11-27-14)20(19-7-5-4-6-16(19)10-26)15(2)23-30-21(22(32)25(34)31(23)3)24(33)29-18-12-28-35-13-18/h4-9,11-13,15,20,32H,1-3H3,(H,29,33)/t15-,20+/m1/s1. The molecular formula is C25H22N6O4. The Morgan fingerprint density at radius 2 is 2.00 bits per heavy atom. The zero-order chi connectivity index (χ0) is 25.1. The minimum Gasteiger partial charge on any atom is -0.501 e. The van der Waals surface area contributed by atoms with E-state index in [9.17, 15) is 20.0 Å². The highest BCUT2D eigenvalue weighted by molar-refractivity contribution is 6.04. The number of carbonyl (C=O) groups excluding carboxylic acids is 1. The Labute approximate surface area is 200 Å². The van der Waals surface area contributed by atoms with Gasteiger partial charge in [0.2, 0.25) is 5.75 Å². The molecule has 35 heavy (non-hydrogen) atoms. The normalized spacial score (nSPS) is 12.5. The first-order valence-electron chi connectivity index (χ1n) is 10.7. The first kappa shape index (κ1) is 23.4. The van der Waals surface area contributed by atoms with Crippen molar-refractivity contribution in [1.29, 1.82) is 5.26 Å². The lowest BCUT2D eigenvalue weighted by Crippen LogP contribution is -2.29. The summed E-state index contributed by atoms with van der Waals surface area (Å²) in [6, 6.07) is 13.2. The first-order valence-corrected chi connectivity index (χ1v) is 10.7. The zero-order valence-corrected chi connectivity index (χ0v) is 19.3. The summed E-state index contributed by atoms with van der Waals surface area (Å²) in [5.41, 5.74) is 1.89. The number of aromatic nitrogens is 4. The summed E-state index contributed by atoms with van der Waals surface area (Å²) in [6.45, 7) is 3.72. The average Bonchev–Trinajstić information content (AvgIpc) is 3.37. The summed E-state index contributed by atoms with van der Waals surface area (Å²) < 4.78 is 5.91. The van der Waals surface area contributed by atoms with Gasteiger partial charge in [-0.25, -0.2) is 4.98 Å². The highest BCUT2D eigenvalue weighted by atomic mass is 16.5. The average molecular weight is 470 g/mol. The van der Waals surface area contributed by atoms with E-state index in [1.165, 1.54) is 24.1 Å². The van der Waals surface area contributed by atoms with Gasteiger partial charge in [-0.2, -0.15) is 5.26 Å². The molecule has 10 nitrogen and oxygen atoms in total. The second kappa shape index (κ2) is 9.61. The van der Waals surface area contributed by atoms with Crippen molar-refractivity contribution in [3.63, 3.8) is 0 Å². The van der Waals surface area contributed by atoms with Gasteiger partial charge >= 0.3 is 0 Å². The van der Waals surface area contributed by atoms with Gasteiger partial charge in [0.05, 0.1) is 17.8 Å². The molecule has 3 aromatic heterocycles. The number of anilines is 1. The van der Waals surface area contributed by atoms with Gasteiger partial charge < -0.3 is 14.9 Å². The molecule has 10 heteroatoms. The Morgan fingerprint density at radius 3 is 2.66 bits per heavy atom. The molecule has 2 N–H and O–H groups in total. The molecule has 0 saturated heterocycles. The molecule has 176 valence electrons. The smallest absolute Gasteiger partial charge is 0.296 e. The van der Waals surface area contributed by atoms with Gasteiger partial charge in [-0.1, -0.05) is 36.3 Å². The SMILES string of the molecule is Cc1ccc([C@@H](c2ccccc2C#N)[C@@H](C)c2nc(C(=O)Nc3cnoc3)c(O)c(=O)n2C)cn1.